The lowest BCUT2D eigenvalue weighted by atomic mass is 10.2. The van der Waals surface area contributed by atoms with Crippen LogP contribution in [0, 0.1) is 0 Å². The smallest absolute Gasteiger partial charge is 0.330 e. The summed E-state index contributed by atoms with van der Waals surface area (Å²) in [5.41, 5.74) is 3.40. The van der Waals surface area contributed by atoms with Gasteiger partial charge in [-0.25, -0.2) is 9.59 Å². The summed E-state index contributed by atoms with van der Waals surface area (Å²) >= 11 is 0. The van der Waals surface area contributed by atoms with Crippen LogP contribution in [0.4, 0.5) is 11.5 Å². The second-order valence-electron chi connectivity index (χ2n) is 7.00. The average Bonchev–Trinajstić information content (AvgIpc) is 2.73. The Hall–Kier alpha value is -3.89. The molecule has 1 aromatic carbocycles. The molecule has 31 heavy (non-hydrogen) atoms. The third kappa shape index (κ3) is 4.06. The highest BCUT2D eigenvalue weighted by Gasteiger charge is 2.24. The van der Waals surface area contributed by atoms with Crippen LogP contribution in [0.2, 0.25) is 0 Å². The number of nitrogen functional groups attached to an aromatic ring is 1. The molecule has 0 saturated carbocycles. The highest BCUT2D eigenvalue weighted by atomic mass is 16.2. The van der Waals surface area contributed by atoms with Gasteiger partial charge in [0.2, 0.25) is 5.91 Å². The fourth-order valence-corrected chi connectivity index (χ4v) is 3.40. The molecule has 1 amide bonds. The van der Waals surface area contributed by atoms with Crippen molar-refractivity contribution in [2.45, 2.75) is 39.8 Å². The molecular weight excluding hydrogens is 404 g/mol. The molecule has 3 rings (SSSR count). The second kappa shape index (κ2) is 8.86. The third-order valence-electron chi connectivity index (χ3n) is 5.02. The molecule has 0 aliphatic carbocycles. The van der Waals surface area contributed by atoms with Gasteiger partial charge in [0, 0.05) is 13.1 Å². The van der Waals surface area contributed by atoms with Crippen molar-refractivity contribution < 1.29 is 4.79 Å². The van der Waals surface area contributed by atoms with Crippen LogP contribution in [-0.2, 0) is 17.9 Å². The monoisotopic (exact) mass is 428 g/mol. The normalized spacial score (nSPS) is 11.0. The molecule has 0 unspecified atom stereocenters. The number of hydrogen-bond donors (Lipinski definition) is 3. The number of unbranched alkanes of at least 4 members (excludes halogenated alkanes) is 1. The Morgan fingerprint density at radius 2 is 1.71 bits per heavy atom. The van der Waals surface area contributed by atoms with Gasteiger partial charge in [-0.05, 0) is 25.5 Å². The molecule has 164 valence electrons. The number of nitrogens with zero attached hydrogens (tertiary/aromatic N) is 3. The van der Waals surface area contributed by atoms with Crippen LogP contribution in [0.3, 0.4) is 0 Å². The number of nitrogens with one attached hydrogen (secondary N) is 2. The van der Waals surface area contributed by atoms with Gasteiger partial charge in [0.05, 0.1) is 10.9 Å². The standard InChI is InChI=1S/C20H24N6O5/c1-3-5-10-25-16(21)15(17(28)23-20(25)31)24(4-2)14(27)11-26-18(29)12-8-6-7-9-13(12)22-19(26)30/h6-9H,3-5,10-11,21H2,1-2H3,(H,22,30)(H,23,28,31). The number of aromatic nitrogens is 4. The molecular formula is C20H24N6O5. The number of carbonyl (C=O) groups is 1. The number of anilines is 2. The Morgan fingerprint density at radius 1 is 1.03 bits per heavy atom. The molecule has 0 atom stereocenters. The summed E-state index contributed by atoms with van der Waals surface area (Å²) in [7, 11) is 0. The first-order valence-corrected chi connectivity index (χ1v) is 9.94. The summed E-state index contributed by atoms with van der Waals surface area (Å²) < 4.78 is 1.97. The lowest BCUT2D eigenvalue weighted by Crippen LogP contribution is -2.45. The molecule has 11 nitrogen and oxygen atoms in total. The minimum Gasteiger partial charge on any atom is -0.383 e. The number of amides is 1. The van der Waals surface area contributed by atoms with Crippen LogP contribution in [0.1, 0.15) is 26.7 Å². The Labute approximate surface area is 175 Å². The number of fused-ring (bicyclic) bond motifs is 1. The summed E-state index contributed by atoms with van der Waals surface area (Å²) in [6.45, 7) is 3.28. The molecule has 0 radical (unpaired) electrons. The first kappa shape index (κ1) is 21.8. The molecule has 3 aromatic rings. The van der Waals surface area contributed by atoms with Crippen LogP contribution in [0.15, 0.2) is 43.4 Å². The van der Waals surface area contributed by atoms with Crippen molar-refractivity contribution in [2.24, 2.45) is 0 Å². The lowest BCUT2D eigenvalue weighted by Gasteiger charge is -2.23. The predicted molar refractivity (Wildman–Crippen MR) is 117 cm³/mol. The maximum Gasteiger partial charge on any atom is 0.330 e. The third-order valence-corrected chi connectivity index (χ3v) is 5.02. The molecule has 2 heterocycles. The van der Waals surface area contributed by atoms with Gasteiger partial charge in [0.25, 0.3) is 11.1 Å². The summed E-state index contributed by atoms with van der Waals surface area (Å²) in [4.78, 5) is 68.5. The number of aromatic amines is 2. The summed E-state index contributed by atoms with van der Waals surface area (Å²) in [6.07, 6.45) is 1.45. The van der Waals surface area contributed by atoms with E-state index in [4.69, 9.17) is 5.73 Å². The highest BCUT2D eigenvalue weighted by Crippen LogP contribution is 2.17. The molecule has 4 N–H and O–H groups in total. The van der Waals surface area contributed by atoms with Gasteiger partial charge in [-0.2, -0.15) is 0 Å². The minimum atomic E-state index is -0.815. The fraction of sp³-hybridized carbons (Fsp3) is 0.350. The van der Waals surface area contributed by atoms with E-state index in [1.807, 2.05) is 6.92 Å². The molecule has 0 aliphatic heterocycles. The quantitative estimate of drug-likeness (QED) is 0.480. The maximum atomic E-state index is 13.0. The van der Waals surface area contributed by atoms with Crippen molar-refractivity contribution in [3.8, 4) is 0 Å². The van der Waals surface area contributed by atoms with E-state index in [1.165, 1.54) is 4.57 Å². The van der Waals surface area contributed by atoms with E-state index < -0.39 is 34.9 Å². The Kier molecular flexibility index (Phi) is 6.23. The van der Waals surface area contributed by atoms with Crippen LogP contribution < -0.4 is 33.1 Å². The van der Waals surface area contributed by atoms with Gasteiger partial charge < -0.3 is 15.6 Å². The summed E-state index contributed by atoms with van der Waals surface area (Å²) in [6, 6.07) is 6.45. The van der Waals surface area contributed by atoms with Crippen molar-refractivity contribution in [2.75, 3.05) is 17.2 Å². The second-order valence-corrected chi connectivity index (χ2v) is 7.00. The summed E-state index contributed by atoms with van der Waals surface area (Å²) in [5, 5.41) is 0.253. The van der Waals surface area contributed by atoms with Gasteiger partial charge in [0.15, 0.2) is 5.69 Å². The van der Waals surface area contributed by atoms with Crippen molar-refractivity contribution in [3.63, 3.8) is 0 Å². The Bertz CT molecular complexity index is 1360. The van der Waals surface area contributed by atoms with E-state index in [1.54, 1.807) is 31.2 Å². The topological polar surface area (TPSA) is 156 Å². The van der Waals surface area contributed by atoms with Crippen molar-refractivity contribution in [3.05, 3.63) is 65.9 Å². The molecule has 0 fully saturated rings. The Balaban J connectivity index is 2.05. The zero-order chi connectivity index (χ0) is 22.7. The number of rotatable bonds is 7. The number of H-pyrrole nitrogens is 2. The number of carbonyl (C=O) groups excluding carboxylic acids is 1. The molecule has 0 aliphatic rings. The summed E-state index contributed by atoms with van der Waals surface area (Å²) in [5.74, 6) is -0.833. The fourth-order valence-electron chi connectivity index (χ4n) is 3.40. The SMILES string of the molecule is CCCCn1c(N)c(N(CC)C(=O)Cn2c(=O)[nH]c3ccccc3c2=O)c(=O)[nH]c1=O. The molecule has 0 bridgehead atoms. The van der Waals surface area contributed by atoms with E-state index in [0.717, 1.165) is 15.9 Å². The van der Waals surface area contributed by atoms with E-state index in [-0.39, 0.29) is 30.0 Å². The molecule has 2 aromatic heterocycles. The molecule has 0 saturated heterocycles. The van der Waals surface area contributed by atoms with Crippen molar-refractivity contribution in [1.82, 2.24) is 19.1 Å². The highest BCUT2D eigenvalue weighted by molar-refractivity contribution is 5.95. The minimum absolute atomic E-state index is 0.0400. The number of para-hydroxylation sites is 1. The van der Waals surface area contributed by atoms with E-state index in [0.29, 0.717) is 11.9 Å². The van der Waals surface area contributed by atoms with Crippen LogP contribution in [0.5, 0.6) is 0 Å². The molecule has 0 spiro atoms. The zero-order valence-corrected chi connectivity index (χ0v) is 17.3. The van der Waals surface area contributed by atoms with Gasteiger partial charge in [-0.15, -0.1) is 0 Å². The van der Waals surface area contributed by atoms with Crippen LogP contribution >= 0.6 is 0 Å². The lowest BCUT2D eigenvalue weighted by molar-refractivity contribution is -0.119. The number of nitrogens with two attached hydrogens (primary N) is 1. The number of hydrogen-bond acceptors (Lipinski definition) is 6. The van der Waals surface area contributed by atoms with E-state index in [9.17, 15) is 24.0 Å². The predicted octanol–water partition coefficient (Wildman–Crippen LogP) is -0.0248. The molecule has 11 heteroatoms. The van der Waals surface area contributed by atoms with Gasteiger partial charge in [0.1, 0.15) is 12.4 Å². The van der Waals surface area contributed by atoms with Crippen molar-refractivity contribution >= 4 is 28.3 Å². The number of benzene rings is 1. The van der Waals surface area contributed by atoms with Gasteiger partial charge in [-0.1, -0.05) is 25.5 Å². The largest absolute Gasteiger partial charge is 0.383 e. The Morgan fingerprint density at radius 3 is 2.39 bits per heavy atom. The first-order chi connectivity index (χ1) is 14.8. The van der Waals surface area contributed by atoms with Gasteiger partial charge >= 0.3 is 11.4 Å². The average molecular weight is 428 g/mol. The van der Waals surface area contributed by atoms with Gasteiger partial charge in [-0.3, -0.25) is 28.5 Å². The maximum absolute atomic E-state index is 13.0. The first-order valence-electron chi connectivity index (χ1n) is 9.94. The zero-order valence-electron chi connectivity index (χ0n) is 17.3. The van der Waals surface area contributed by atoms with E-state index in [2.05, 4.69) is 9.97 Å². The number of likely N-dealkylation sites (N-methyl/N-ethyl adjacent to an activating group) is 1. The van der Waals surface area contributed by atoms with E-state index >= 15 is 0 Å². The van der Waals surface area contributed by atoms with Crippen LogP contribution in [0.25, 0.3) is 10.9 Å². The van der Waals surface area contributed by atoms with Crippen LogP contribution in [-0.4, -0.2) is 31.6 Å². The van der Waals surface area contributed by atoms with Crippen molar-refractivity contribution in [1.29, 1.82) is 0 Å².